The number of ether oxygens (including phenoxy) is 1. The molecule has 2 aromatic heterocycles. The molecule has 1 N–H and O–H groups in total. The van der Waals surface area contributed by atoms with E-state index in [0.29, 0.717) is 13.1 Å². The predicted octanol–water partition coefficient (Wildman–Crippen LogP) is 1.19. The minimum Gasteiger partial charge on any atom is -0.496 e. The number of aliphatic hydroxyl groups excluding tert-OH is 1. The molecule has 22 heavy (non-hydrogen) atoms. The Balaban J connectivity index is 1.97. The van der Waals surface area contributed by atoms with Crippen molar-refractivity contribution in [3.05, 3.63) is 48.8 Å². The highest BCUT2D eigenvalue weighted by atomic mass is 16.5. The second kappa shape index (κ2) is 6.40. The van der Waals surface area contributed by atoms with E-state index in [1.54, 1.807) is 24.3 Å². The van der Waals surface area contributed by atoms with Gasteiger partial charge in [-0.2, -0.15) is 5.10 Å². The number of hydrogen-bond donors (Lipinski definition) is 1. The van der Waals surface area contributed by atoms with Crippen LogP contribution in [0.25, 0.3) is 11.4 Å². The highest BCUT2D eigenvalue weighted by Gasteiger charge is 2.11. The van der Waals surface area contributed by atoms with Gasteiger partial charge in [0.2, 0.25) is 0 Å². The third-order valence-corrected chi connectivity index (χ3v) is 3.39. The summed E-state index contributed by atoms with van der Waals surface area (Å²) in [5.74, 6) is 1.61. The number of aliphatic hydroxyl groups is 1. The van der Waals surface area contributed by atoms with Crippen molar-refractivity contribution >= 4 is 0 Å². The zero-order chi connectivity index (χ0) is 15.4. The van der Waals surface area contributed by atoms with Crippen molar-refractivity contribution in [2.75, 3.05) is 13.7 Å². The van der Waals surface area contributed by atoms with Gasteiger partial charge in [0.15, 0.2) is 0 Å². The topological polar surface area (TPSA) is 78.0 Å². The number of rotatable bonds is 6. The molecule has 0 aliphatic rings. The molecule has 3 aromatic rings. The van der Waals surface area contributed by atoms with Crippen molar-refractivity contribution in [1.29, 1.82) is 0 Å². The van der Waals surface area contributed by atoms with Gasteiger partial charge < -0.3 is 14.4 Å². The van der Waals surface area contributed by atoms with Crippen LogP contribution in [0.1, 0.15) is 5.56 Å². The van der Waals surface area contributed by atoms with Gasteiger partial charge in [-0.05, 0) is 18.2 Å². The molecule has 0 spiro atoms. The Morgan fingerprint density at radius 2 is 2.23 bits per heavy atom. The minimum atomic E-state index is 0.0747. The van der Waals surface area contributed by atoms with E-state index < -0.39 is 0 Å². The summed E-state index contributed by atoms with van der Waals surface area (Å²) in [6.45, 7) is 1.16. The van der Waals surface area contributed by atoms with Gasteiger partial charge in [0.25, 0.3) is 0 Å². The van der Waals surface area contributed by atoms with Crippen LogP contribution >= 0.6 is 0 Å². The third kappa shape index (κ3) is 2.84. The van der Waals surface area contributed by atoms with Crippen LogP contribution in [-0.2, 0) is 13.1 Å². The molecule has 3 rings (SSSR count). The molecule has 2 heterocycles. The van der Waals surface area contributed by atoms with Gasteiger partial charge in [-0.25, -0.2) is 14.6 Å². The summed E-state index contributed by atoms with van der Waals surface area (Å²) in [5, 5.41) is 13.3. The van der Waals surface area contributed by atoms with Crippen molar-refractivity contribution in [1.82, 2.24) is 24.3 Å². The van der Waals surface area contributed by atoms with Crippen LogP contribution < -0.4 is 4.74 Å². The zero-order valence-electron chi connectivity index (χ0n) is 12.3. The molecule has 0 saturated heterocycles. The molecule has 7 nitrogen and oxygen atoms in total. The Morgan fingerprint density at radius 3 is 2.95 bits per heavy atom. The Hall–Kier alpha value is -2.67. The van der Waals surface area contributed by atoms with Crippen molar-refractivity contribution < 1.29 is 9.84 Å². The highest BCUT2D eigenvalue weighted by molar-refractivity contribution is 5.59. The van der Waals surface area contributed by atoms with E-state index in [2.05, 4.69) is 15.1 Å². The number of aromatic nitrogens is 5. The Kier molecular flexibility index (Phi) is 4.15. The summed E-state index contributed by atoms with van der Waals surface area (Å²) in [4.78, 5) is 8.33. The van der Waals surface area contributed by atoms with Crippen LogP contribution in [0.2, 0.25) is 0 Å². The first-order valence-electron chi connectivity index (χ1n) is 6.93. The molecule has 114 valence electrons. The van der Waals surface area contributed by atoms with Crippen molar-refractivity contribution in [3.8, 4) is 17.1 Å². The molecule has 0 saturated carbocycles. The van der Waals surface area contributed by atoms with Crippen LogP contribution in [0.15, 0.2) is 43.2 Å². The average molecular weight is 299 g/mol. The molecule has 0 fully saturated rings. The number of imidazole rings is 1. The fourth-order valence-corrected chi connectivity index (χ4v) is 2.39. The van der Waals surface area contributed by atoms with Crippen LogP contribution in [-0.4, -0.2) is 43.1 Å². The van der Waals surface area contributed by atoms with E-state index in [-0.39, 0.29) is 6.61 Å². The minimum absolute atomic E-state index is 0.0747. The van der Waals surface area contributed by atoms with Gasteiger partial charge in [0.1, 0.15) is 24.2 Å². The zero-order valence-corrected chi connectivity index (χ0v) is 12.3. The average Bonchev–Trinajstić information content (AvgIpc) is 3.19. The van der Waals surface area contributed by atoms with Crippen molar-refractivity contribution in [2.24, 2.45) is 0 Å². The summed E-state index contributed by atoms with van der Waals surface area (Å²) < 4.78 is 9.07. The molecular weight excluding hydrogens is 282 g/mol. The lowest BCUT2D eigenvalue weighted by molar-refractivity contribution is 0.276. The fourth-order valence-electron chi connectivity index (χ4n) is 2.39. The lowest BCUT2D eigenvalue weighted by atomic mass is 10.1. The smallest absolute Gasteiger partial charge is 0.139 e. The maximum atomic E-state index is 9.13. The van der Waals surface area contributed by atoms with Gasteiger partial charge in [0.05, 0.1) is 20.3 Å². The van der Waals surface area contributed by atoms with Crippen molar-refractivity contribution in [3.63, 3.8) is 0 Å². The molecule has 0 radical (unpaired) electrons. The van der Waals surface area contributed by atoms with E-state index in [1.165, 1.54) is 6.33 Å². The molecular formula is C15H17N5O2. The van der Waals surface area contributed by atoms with E-state index >= 15 is 0 Å². The largest absolute Gasteiger partial charge is 0.496 e. The van der Waals surface area contributed by atoms with Gasteiger partial charge >= 0.3 is 0 Å². The number of hydrogen-bond acceptors (Lipinski definition) is 5. The maximum Gasteiger partial charge on any atom is 0.139 e. The second-order valence-corrected chi connectivity index (χ2v) is 4.79. The standard InChI is InChI=1S/C15H17N5O2/c1-22-14-3-2-12(15-17-4-5-19(15)6-7-21)8-13(14)9-20-11-16-10-18-20/h2-5,8,10-11,21H,6-7,9H2,1H3. The molecule has 0 bridgehead atoms. The van der Waals surface area contributed by atoms with Crippen molar-refractivity contribution in [2.45, 2.75) is 13.1 Å². The summed E-state index contributed by atoms with van der Waals surface area (Å²) in [5.41, 5.74) is 1.96. The SMILES string of the molecule is COc1ccc(-c2nccn2CCO)cc1Cn1cncn1. The number of nitrogens with zero attached hydrogens (tertiary/aromatic N) is 5. The first-order valence-corrected chi connectivity index (χ1v) is 6.93. The quantitative estimate of drug-likeness (QED) is 0.740. The molecule has 1 aromatic carbocycles. The Labute approximate surface area is 127 Å². The molecule has 0 aliphatic heterocycles. The maximum absolute atomic E-state index is 9.13. The van der Waals surface area contributed by atoms with Gasteiger partial charge in [-0.1, -0.05) is 0 Å². The normalized spacial score (nSPS) is 10.8. The van der Waals surface area contributed by atoms with E-state index in [9.17, 15) is 0 Å². The summed E-state index contributed by atoms with van der Waals surface area (Å²) in [6.07, 6.45) is 6.75. The van der Waals surface area contributed by atoms with Crippen LogP contribution in [0, 0.1) is 0 Å². The summed E-state index contributed by atoms with van der Waals surface area (Å²) >= 11 is 0. The van der Waals surface area contributed by atoms with Crippen LogP contribution in [0.3, 0.4) is 0 Å². The summed E-state index contributed by atoms with van der Waals surface area (Å²) in [6, 6.07) is 5.90. The first kappa shape index (κ1) is 14.3. The molecule has 0 atom stereocenters. The van der Waals surface area contributed by atoms with Crippen LogP contribution in [0.5, 0.6) is 5.75 Å². The van der Waals surface area contributed by atoms with Gasteiger partial charge in [-0.15, -0.1) is 0 Å². The number of methoxy groups -OCH3 is 1. The highest BCUT2D eigenvalue weighted by Crippen LogP contribution is 2.26. The lowest BCUT2D eigenvalue weighted by Crippen LogP contribution is -2.05. The fraction of sp³-hybridized carbons (Fsp3) is 0.267. The van der Waals surface area contributed by atoms with E-state index in [4.69, 9.17) is 9.84 Å². The molecule has 0 unspecified atom stereocenters. The Bertz CT molecular complexity index is 736. The number of benzene rings is 1. The monoisotopic (exact) mass is 299 g/mol. The lowest BCUT2D eigenvalue weighted by Gasteiger charge is -2.12. The van der Waals surface area contributed by atoms with Crippen LogP contribution in [0.4, 0.5) is 0 Å². The molecule has 7 heteroatoms. The van der Waals surface area contributed by atoms with E-state index in [1.807, 2.05) is 29.0 Å². The Morgan fingerprint density at radius 1 is 1.32 bits per heavy atom. The molecule has 0 aliphatic carbocycles. The molecule has 0 amide bonds. The first-order chi connectivity index (χ1) is 10.8. The third-order valence-electron chi connectivity index (χ3n) is 3.39. The van der Waals surface area contributed by atoms with Gasteiger partial charge in [0, 0.05) is 30.1 Å². The summed E-state index contributed by atoms with van der Waals surface area (Å²) in [7, 11) is 1.65. The van der Waals surface area contributed by atoms with E-state index in [0.717, 1.165) is 22.7 Å². The second-order valence-electron chi connectivity index (χ2n) is 4.79. The van der Waals surface area contributed by atoms with Gasteiger partial charge in [-0.3, -0.25) is 0 Å². The predicted molar refractivity (Wildman–Crippen MR) is 80.4 cm³/mol.